The average molecular weight is 413 g/mol. The molecule has 0 aliphatic carbocycles. The maximum Gasteiger partial charge on any atom is 0.262 e. The van der Waals surface area contributed by atoms with Gasteiger partial charge in [-0.15, -0.1) is 0 Å². The lowest BCUT2D eigenvalue weighted by Crippen LogP contribution is -2.33. The smallest absolute Gasteiger partial charge is 0.262 e. The number of benzene rings is 3. The Morgan fingerprint density at radius 2 is 1.43 bits per heavy atom. The van der Waals surface area contributed by atoms with Crippen LogP contribution in [0.15, 0.2) is 78.9 Å². The molecule has 0 N–H and O–H groups in total. The van der Waals surface area contributed by atoms with Crippen molar-refractivity contribution >= 4 is 34.3 Å². The van der Waals surface area contributed by atoms with Crippen LogP contribution >= 0.6 is 11.6 Å². The zero-order chi connectivity index (χ0) is 20.8. The molecule has 0 bridgehead atoms. The van der Waals surface area contributed by atoms with Crippen LogP contribution in [-0.2, 0) is 0 Å². The van der Waals surface area contributed by atoms with Gasteiger partial charge in [0.05, 0.1) is 28.4 Å². The van der Waals surface area contributed by atoms with E-state index in [0.29, 0.717) is 21.8 Å². The number of nitrogens with zero attached hydrogens (tertiary/aromatic N) is 2. The van der Waals surface area contributed by atoms with E-state index >= 15 is 0 Å². The summed E-state index contributed by atoms with van der Waals surface area (Å²) in [4.78, 5) is 32.2. The molecule has 0 spiro atoms. The van der Waals surface area contributed by atoms with Crippen LogP contribution in [0.25, 0.3) is 22.0 Å². The van der Waals surface area contributed by atoms with Gasteiger partial charge in [0.1, 0.15) is 0 Å². The van der Waals surface area contributed by atoms with Gasteiger partial charge in [-0.1, -0.05) is 60.1 Å². The molecule has 1 aliphatic heterocycles. The topological polar surface area (TPSA) is 50.3 Å². The summed E-state index contributed by atoms with van der Waals surface area (Å²) in [7, 11) is 0. The zero-order valence-corrected chi connectivity index (χ0v) is 16.9. The standard InChI is InChI=1S/C25H17ClN2O2/c1-15(28-24(29)17-10-5-6-11-18(17)25(28)30)23-19(16-8-3-2-4-9-16)14-20-21(26)12-7-13-22(20)27-23/h2-15H,1H3. The molecule has 30 heavy (non-hydrogen) atoms. The van der Waals surface area contributed by atoms with Gasteiger partial charge in [0.2, 0.25) is 0 Å². The molecule has 4 aromatic rings. The third-order valence-electron chi connectivity index (χ3n) is 5.53. The molecule has 1 unspecified atom stereocenters. The van der Waals surface area contributed by atoms with Crippen molar-refractivity contribution in [2.75, 3.05) is 0 Å². The minimum absolute atomic E-state index is 0.296. The van der Waals surface area contributed by atoms with Crippen LogP contribution in [0.4, 0.5) is 0 Å². The molecule has 0 radical (unpaired) electrons. The second-order valence-electron chi connectivity index (χ2n) is 7.30. The second kappa shape index (κ2) is 7.08. The first-order chi connectivity index (χ1) is 14.6. The fourth-order valence-corrected chi connectivity index (χ4v) is 4.25. The van der Waals surface area contributed by atoms with E-state index in [9.17, 15) is 9.59 Å². The summed E-state index contributed by atoms with van der Waals surface area (Å²) in [5, 5.41) is 1.44. The summed E-state index contributed by atoms with van der Waals surface area (Å²) >= 11 is 6.42. The number of amides is 2. The summed E-state index contributed by atoms with van der Waals surface area (Å²) in [6, 6.07) is 23.7. The van der Waals surface area contributed by atoms with Crippen LogP contribution < -0.4 is 0 Å². The third-order valence-corrected chi connectivity index (χ3v) is 5.86. The van der Waals surface area contributed by atoms with Crippen molar-refractivity contribution in [2.45, 2.75) is 13.0 Å². The highest BCUT2D eigenvalue weighted by Gasteiger charge is 2.39. The third kappa shape index (κ3) is 2.80. The second-order valence-corrected chi connectivity index (χ2v) is 7.70. The van der Waals surface area contributed by atoms with Crippen LogP contribution in [0.5, 0.6) is 0 Å². The lowest BCUT2D eigenvalue weighted by Gasteiger charge is -2.25. The van der Waals surface area contributed by atoms with E-state index in [1.54, 1.807) is 24.3 Å². The first kappa shape index (κ1) is 18.5. The molecule has 0 fully saturated rings. The number of hydrogen-bond acceptors (Lipinski definition) is 3. The minimum Gasteiger partial charge on any atom is -0.269 e. The Morgan fingerprint density at radius 3 is 2.10 bits per heavy atom. The number of aromatic nitrogens is 1. The predicted octanol–water partition coefficient (Wildman–Crippen LogP) is 5.91. The van der Waals surface area contributed by atoms with Gasteiger partial charge in [0.25, 0.3) is 11.8 Å². The van der Waals surface area contributed by atoms with Gasteiger partial charge in [0, 0.05) is 16.0 Å². The highest BCUT2D eigenvalue weighted by atomic mass is 35.5. The fraction of sp³-hybridized carbons (Fsp3) is 0.0800. The molecular formula is C25H17ClN2O2. The molecule has 3 aromatic carbocycles. The molecule has 0 saturated heterocycles. The summed E-state index contributed by atoms with van der Waals surface area (Å²) in [5.74, 6) is -0.592. The van der Waals surface area contributed by atoms with Crippen molar-refractivity contribution in [3.63, 3.8) is 0 Å². The van der Waals surface area contributed by atoms with Gasteiger partial charge in [-0.05, 0) is 42.8 Å². The van der Waals surface area contributed by atoms with Crippen molar-refractivity contribution in [3.8, 4) is 11.1 Å². The zero-order valence-electron chi connectivity index (χ0n) is 16.2. The number of carbonyl (C=O) groups excluding carboxylic acids is 2. The summed E-state index contributed by atoms with van der Waals surface area (Å²) in [6.07, 6.45) is 0. The van der Waals surface area contributed by atoms with E-state index in [1.807, 2.05) is 61.5 Å². The molecule has 2 heterocycles. The number of imide groups is 1. The molecule has 1 aliphatic rings. The molecule has 1 aromatic heterocycles. The number of fused-ring (bicyclic) bond motifs is 2. The molecule has 146 valence electrons. The first-order valence-electron chi connectivity index (χ1n) is 9.68. The van der Waals surface area contributed by atoms with E-state index < -0.39 is 6.04 Å². The number of halogens is 1. The van der Waals surface area contributed by atoms with Crippen LogP contribution in [0.2, 0.25) is 5.02 Å². The summed E-state index contributed by atoms with van der Waals surface area (Å²) in [5.41, 5.74) is 4.04. The monoisotopic (exact) mass is 412 g/mol. The van der Waals surface area contributed by atoms with Crippen LogP contribution in [0.1, 0.15) is 39.4 Å². The van der Waals surface area contributed by atoms with Crippen molar-refractivity contribution in [3.05, 3.63) is 101 Å². The van der Waals surface area contributed by atoms with Crippen molar-refractivity contribution < 1.29 is 9.59 Å². The van der Waals surface area contributed by atoms with Gasteiger partial charge in [0.15, 0.2) is 0 Å². The number of rotatable bonds is 3. The van der Waals surface area contributed by atoms with E-state index in [4.69, 9.17) is 16.6 Å². The van der Waals surface area contributed by atoms with Crippen molar-refractivity contribution in [1.29, 1.82) is 0 Å². The summed E-state index contributed by atoms with van der Waals surface area (Å²) in [6.45, 7) is 1.84. The molecule has 5 heteroatoms. The average Bonchev–Trinajstić information content (AvgIpc) is 3.04. The van der Waals surface area contributed by atoms with Gasteiger partial charge in [-0.25, -0.2) is 4.98 Å². The van der Waals surface area contributed by atoms with Gasteiger partial charge >= 0.3 is 0 Å². The Kier molecular flexibility index (Phi) is 4.37. The van der Waals surface area contributed by atoms with Crippen LogP contribution in [0.3, 0.4) is 0 Å². The predicted molar refractivity (Wildman–Crippen MR) is 118 cm³/mol. The molecule has 5 rings (SSSR count). The van der Waals surface area contributed by atoms with E-state index in [0.717, 1.165) is 22.0 Å². The van der Waals surface area contributed by atoms with Crippen molar-refractivity contribution in [2.24, 2.45) is 0 Å². The molecule has 2 amide bonds. The highest BCUT2D eigenvalue weighted by molar-refractivity contribution is 6.35. The molecule has 0 saturated carbocycles. The van der Waals surface area contributed by atoms with E-state index in [1.165, 1.54) is 4.90 Å². The van der Waals surface area contributed by atoms with Crippen LogP contribution in [-0.4, -0.2) is 21.7 Å². The SMILES string of the molecule is CC(c1nc2cccc(Cl)c2cc1-c1ccccc1)N1C(=O)c2ccccc2C1=O. The Hall–Kier alpha value is -3.50. The Labute approximate surface area is 178 Å². The van der Waals surface area contributed by atoms with Crippen molar-refractivity contribution in [1.82, 2.24) is 9.88 Å². The highest BCUT2D eigenvalue weighted by Crippen LogP contribution is 2.37. The van der Waals surface area contributed by atoms with E-state index in [2.05, 4.69) is 0 Å². The van der Waals surface area contributed by atoms with Crippen LogP contribution in [0, 0.1) is 0 Å². The first-order valence-corrected chi connectivity index (χ1v) is 10.1. The summed E-state index contributed by atoms with van der Waals surface area (Å²) < 4.78 is 0. The van der Waals surface area contributed by atoms with Gasteiger partial charge in [-0.2, -0.15) is 0 Å². The number of pyridine rings is 1. The van der Waals surface area contributed by atoms with E-state index in [-0.39, 0.29) is 11.8 Å². The lowest BCUT2D eigenvalue weighted by molar-refractivity contribution is 0.0593. The largest absolute Gasteiger partial charge is 0.269 e. The lowest BCUT2D eigenvalue weighted by atomic mass is 9.97. The number of carbonyl (C=O) groups is 2. The maximum absolute atomic E-state index is 13.0. The quantitative estimate of drug-likeness (QED) is 0.393. The minimum atomic E-state index is -0.545. The van der Waals surface area contributed by atoms with Gasteiger partial charge < -0.3 is 0 Å². The number of hydrogen-bond donors (Lipinski definition) is 0. The fourth-order valence-electron chi connectivity index (χ4n) is 4.02. The maximum atomic E-state index is 13.0. The van der Waals surface area contributed by atoms with Gasteiger partial charge in [-0.3, -0.25) is 14.5 Å². The Bertz CT molecular complexity index is 1280. The Balaban J connectivity index is 1.70. The molecule has 1 atom stereocenters. The normalized spacial score (nSPS) is 14.3. The molecule has 4 nitrogen and oxygen atoms in total. The Morgan fingerprint density at radius 1 is 0.800 bits per heavy atom. The molecular weight excluding hydrogens is 396 g/mol.